The van der Waals surface area contributed by atoms with Gasteiger partial charge in [-0.05, 0) is 92.2 Å². The van der Waals surface area contributed by atoms with Crippen LogP contribution in [0.2, 0.25) is 5.02 Å². The number of benzene rings is 2. The smallest absolute Gasteiger partial charge is 0.246 e. The molecule has 224 valence electrons. The molecule has 1 unspecified atom stereocenters. The van der Waals surface area contributed by atoms with Gasteiger partial charge in [0.25, 0.3) is 0 Å². The number of morpholine rings is 1. The average molecular weight is 593 g/mol. The Bertz CT molecular complexity index is 1380. The summed E-state index contributed by atoms with van der Waals surface area (Å²) in [7, 11) is 0. The Balaban J connectivity index is 0.994. The molecular weight excluding hydrogens is 552 g/mol. The van der Waals surface area contributed by atoms with Gasteiger partial charge >= 0.3 is 0 Å². The highest BCUT2D eigenvalue weighted by Gasteiger charge is 2.40. The van der Waals surface area contributed by atoms with Crippen molar-refractivity contribution >= 4 is 40.2 Å². The number of rotatable bonds is 7. The van der Waals surface area contributed by atoms with Crippen LogP contribution < -0.4 is 4.90 Å². The lowest BCUT2D eigenvalue weighted by Crippen LogP contribution is -2.56. The maximum Gasteiger partial charge on any atom is 0.246 e. The van der Waals surface area contributed by atoms with Crippen molar-refractivity contribution in [3.05, 3.63) is 70.9 Å². The molecule has 3 N–H and O–H groups in total. The average Bonchev–Trinajstić information content (AvgIpc) is 3.45. The monoisotopic (exact) mass is 592 g/mol. The van der Waals surface area contributed by atoms with E-state index in [4.69, 9.17) is 16.3 Å². The quantitative estimate of drug-likeness (QED) is 0.355. The SMILES string of the molecule is O=C(/C=C/c1ccc(Cl)cc1)N1CCC(O)(C(O)CN2CCC(c3c[nH]c4ccc(N5CCOCC5)cc34)CC2)CC1. The number of aliphatic hydroxyl groups excluding tert-OH is 1. The van der Waals surface area contributed by atoms with Crippen LogP contribution in [0.3, 0.4) is 0 Å². The lowest BCUT2D eigenvalue weighted by Gasteiger charge is -2.43. The maximum absolute atomic E-state index is 12.7. The number of hydrogen-bond acceptors (Lipinski definition) is 6. The fourth-order valence-electron chi connectivity index (χ4n) is 6.62. The zero-order valence-corrected chi connectivity index (χ0v) is 24.8. The van der Waals surface area contributed by atoms with Gasteiger partial charge in [-0.2, -0.15) is 0 Å². The first-order valence-corrected chi connectivity index (χ1v) is 15.5. The van der Waals surface area contributed by atoms with E-state index in [2.05, 4.69) is 39.2 Å². The van der Waals surface area contributed by atoms with Crippen molar-refractivity contribution in [2.24, 2.45) is 0 Å². The summed E-state index contributed by atoms with van der Waals surface area (Å²) in [6.07, 6.45) is 7.43. The highest BCUT2D eigenvalue weighted by atomic mass is 35.5. The number of piperidine rings is 2. The number of carbonyl (C=O) groups excluding carboxylic acids is 1. The summed E-state index contributed by atoms with van der Waals surface area (Å²) in [6, 6.07) is 14.0. The standard InChI is InChI=1S/C33H41ClN4O4/c34-26-4-1-24(2-5-26)3-8-32(40)38-15-11-33(41,12-16-38)31(39)23-36-13-9-25(10-14-36)29-22-35-30-7-6-27(21-28(29)30)37-17-19-42-20-18-37/h1-8,21-22,25,31,35,39,41H,9-20,23H2/b8-3+. The van der Waals surface area contributed by atoms with Crippen LogP contribution in [-0.4, -0.2) is 102 Å². The number of H-pyrrole nitrogens is 1. The molecule has 0 spiro atoms. The van der Waals surface area contributed by atoms with Crippen LogP contribution in [0.1, 0.15) is 42.7 Å². The number of hydrogen-bond donors (Lipinski definition) is 3. The molecule has 2 aromatic carbocycles. The summed E-state index contributed by atoms with van der Waals surface area (Å²) in [5.74, 6) is 0.378. The van der Waals surface area contributed by atoms with E-state index in [0.29, 0.717) is 43.4 Å². The van der Waals surface area contributed by atoms with Gasteiger partial charge in [-0.25, -0.2) is 0 Å². The summed E-state index contributed by atoms with van der Waals surface area (Å²) in [5, 5.41) is 24.3. The zero-order chi connectivity index (χ0) is 29.1. The van der Waals surface area contributed by atoms with Crippen LogP contribution in [0.25, 0.3) is 17.0 Å². The van der Waals surface area contributed by atoms with Gasteiger partial charge in [0.2, 0.25) is 5.91 Å². The third-order valence-corrected chi connectivity index (χ3v) is 9.63. The molecule has 8 nitrogen and oxygen atoms in total. The molecule has 3 fully saturated rings. The minimum atomic E-state index is -1.18. The Kier molecular flexibility index (Phi) is 8.88. The molecule has 3 aromatic rings. The highest BCUT2D eigenvalue weighted by molar-refractivity contribution is 6.30. The minimum absolute atomic E-state index is 0.0853. The van der Waals surface area contributed by atoms with Crippen molar-refractivity contribution in [1.29, 1.82) is 0 Å². The van der Waals surface area contributed by atoms with Crippen LogP contribution >= 0.6 is 11.6 Å². The third-order valence-electron chi connectivity index (χ3n) is 9.38. The Hall–Kier alpha value is -2.88. The van der Waals surface area contributed by atoms with Crippen molar-refractivity contribution in [3.63, 3.8) is 0 Å². The molecule has 6 rings (SSSR count). The van der Waals surface area contributed by atoms with Gasteiger partial charge in [-0.3, -0.25) is 4.79 Å². The Morgan fingerprint density at radius 2 is 1.76 bits per heavy atom. The second-order valence-corrected chi connectivity index (χ2v) is 12.4. The molecule has 4 heterocycles. The molecule has 3 aliphatic rings. The number of halogens is 1. The minimum Gasteiger partial charge on any atom is -0.389 e. The van der Waals surface area contributed by atoms with Gasteiger partial charge in [-0.1, -0.05) is 23.7 Å². The van der Waals surface area contributed by atoms with E-state index in [9.17, 15) is 15.0 Å². The van der Waals surface area contributed by atoms with E-state index in [0.717, 1.165) is 57.8 Å². The summed E-state index contributed by atoms with van der Waals surface area (Å²) in [4.78, 5) is 22.6. The number of nitrogens with one attached hydrogen (secondary N) is 1. The van der Waals surface area contributed by atoms with Gasteiger partial charge in [0.1, 0.15) is 0 Å². The number of aromatic nitrogens is 1. The van der Waals surface area contributed by atoms with Crippen LogP contribution in [0.5, 0.6) is 0 Å². The Morgan fingerprint density at radius 1 is 1.05 bits per heavy atom. The molecule has 0 saturated carbocycles. The fourth-order valence-corrected chi connectivity index (χ4v) is 6.75. The largest absolute Gasteiger partial charge is 0.389 e. The van der Waals surface area contributed by atoms with Crippen molar-refractivity contribution in [2.45, 2.75) is 43.3 Å². The van der Waals surface area contributed by atoms with E-state index in [-0.39, 0.29) is 5.91 Å². The highest BCUT2D eigenvalue weighted by Crippen LogP contribution is 2.36. The summed E-state index contributed by atoms with van der Waals surface area (Å²) < 4.78 is 5.53. The Morgan fingerprint density at radius 3 is 2.48 bits per heavy atom. The number of nitrogens with zero attached hydrogens (tertiary/aromatic N) is 3. The number of carbonyl (C=O) groups is 1. The predicted molar refractivity (Wildman–Crippen MR) is 167 cm³/mol. The summed E-state index contributed by atoms with van der Waals surface area (Å²) >= 11 is 5.93. The molecule has 0 radical (unpaired) electrons. The van der Waals surface area contributed by atoms with Gasteiger partial charge in [-0.15, -0.1) is 0 Å². The molecule has 0 bridgehead atoms. The molecular formula is C33H41ClN4O4. The van der Waals surface area contributed by atoms with Crippen LogP contribution in [-0.2, 0) is 9.53 Å². The molecule has 42 heavy (non-hydrogen) atoms. The molecule has 3 aliphatic heterocycles. The number of β-amino-alcohol motifs (C(OH)–C–C–N with tert-alkyl or cyclic N) is 1. The van der Waals surface area contributed by atoms with Crippen molar-refractivity contribution in [1.82, 2.24) is 14.8 Å². The molecule has 1 amide bonds. The first kappa shape index (κ1) is 29.2. The molecule has 9 heteroatoms. The topological polar surface area (TPSA) is 92.3 Å². The van der Waals surface area contributed by atoms with Crippen LogP contribution in [0.15, 0.2) is 54.7 Å². The number of anilines is 1. The van der Waals surface area contributed by atoms with E-state index in [1.165, 1.54) is 22.2 Å². The maximum atomic E-state index is 12.7. The molecule has 1 atom stereocenters. The van der Waals surface area contributed by atoms with Crippen LogP contribution in [0.4, 0.5) is 5.69 Å². The normalized spacial score (nSPS) is 21.3. The van der Waals surface area contributed by atoms with Crippen molar-refractivity contribution in [3.8, 4) is 0 Å². The second kappa shape index (κ2) is 12.8. The number of amides is 1. The van der Waals surface area contributed by atoms with Gasteiger partial charge in [0.15, 0.2) is 0 Å². The molecule has 1 aromatic heterocycles. The summed E-state index contributed by atoms with van der Waals surface area (Å²) in [5.41, 5.74) is 3.53. The van der Waals surface area contributed by atoms with E-state index in [1.54, 1.807) is 29.2 Å². The van der Waals surface area contributed by atoms with Crippen molar-refractivity contribution in [2.75, 3.05) is 63.9 Å². The lowest BCUT2D eigenvalue weighted by molar-refractivity contribution is -0.140. The first-order chi connectivity index (χ1) is 20.4. The van der Waals surface area contributed by atoms with Crippen molar-refractivity contribution < 1.29 is 19.7 Å². The predicted octanol–water partition coefficient (Wildman–Crippen LogP) is 4.27. The lowest BCUT2D eigenvalue weighted by atomic mass is 9.84. The van der Waals surface area contributed by atoms with Gasteiger partial charge < -0.3 is 34.6 Å². The van der Waals surface area contributed by atoms with Gasteiger partial charge in [0, 0.05) is 66.6 Å². The zero-order valence-electron chi connectivity index (χ0n) is 24.1. The number of aromatic amines is 1. The van der Waals surface area contributed by atoms with E-state index in [1.807, 2.05) is 12.1 Å². The fraction of sp³-hybridized carbons (Fsp3) is 0.485. The second-order valence-electron chi connectivity index (χ2n) is 12.0. The number of aliphatic hydroxyl groups is 2. The summed E-state index contributed by atoms with van der Waals surface area (Å²) in [6.45, 7) is 6.46. The Labute approximate surface area is 252 Å². The molecule has 3 saturated heterocycles. The van der Waals surface area contributed by atoms with Gasteiger partial charge in [0.05, 0.1) is 24.9 Å². The first-order valence-electron chi connectivity index (χ1n) is 15.2. The van der Waals surface area contributed by atoms with Crippen LogP contribution in [0, 0.1) is 0 Å². The van der Waals surface area contributed by atoms with E-state index < -0.39 is 11.7 Å². The number of fused-ring (bicyclic) bond motifs is 1. The molecule has 0 aliphatic carbocycles. The third kappa shape index (κ3) is 6.53. The number of likely N-dealkylation sites (tertiary alicyclic amines) is 2. The number of ether oxygens (including phenoxy) is 1. The van der Waals surface area contributed by atoms with E-state index >= 15 is 0 Å².